The molecule has 22 heavy (non-hydrogen) atoms. The Hall–Kier alpha value is -1.56. The fraction of sp³-hybridized carbons (Fsp3) is 0.562. The zero-order chi connectivity index (χ0) is 15.6. The third-order valence-corrected chi connectivity index (χ3v) is 6.37. The summed E-state index contributed by atoms with van der Waals surface area (Å²) in [5.74, 6) is 0.135. The second-order valence-corrected chi connectivity index (χ2v) is 8.06. The van der Waals surface area contributed by atoms with Crippen LogP contribution in [0.25, 0.3) is 0 Å². The number of nitrogens with zero attached hydrogens (tertiary/aromatic N) is 1. The van der Waals surface area contributed by atoms with Gasteiger partial charge in [0.1, 0.15) is 0 Å². The Kier molecular flexibility index (Phi) is 4.38. The van der Waals surface area contributed by atoms with Gasteiger partial charge < -0.3 is 4.90 Å². The van der Waals surface area contributed by atoms with Gasteiger partial charge in [0.2, 0.25) is 15.9 Å². The zero-order valence-corrected chi connectivity index (χ0v) is 13.4. The number of nitrogens with one attached hydrogen (secondary N) is 1. The summed E-state index contributed by atoms with van der Waals surface area (Å²) in [5.41, 5.74) is 1.41. The summed E-state index contributed by atoms with van der Waals surface area (Å²) in [4.78, 5) is 13.5. The largest absolute Gasteiger partial charge is 0.312 e. The molecule has 1 saturated heterocycles. The van der Waals surface area contributed by atoms with Crippen LogP contribution in [0.2, 0.25) is 0 Å². The van der Waals surface area contributed by atoms with E-state index in [1.165, 1.54) is 0 Å². The number of carbonyl (C=O) groups is 1. The molecule has 1 aliphatic carbocycles. The van der Waals surface area contributed by atoms with Crippen LogP contribution >= 0.6 is 0 Å². The predicted molar refractivity (Wildman–Crippen MR) is 87.4 cm³/mol. The predicted octanol–water partition coefficient (Wildman–Crippen LogP) is 2.89. The standard InChI is InChI=1S/C16H22N2O3S/c19-16-7-4-12-18(16)14-10-8-13(9-11-14)17-22(20,21)15-5-2-1-3-6-15/h8-11,15,17H,1-7,12H2. The Morgan fingerprint density at radius 2 is 1.68 bits per heavy atom. The number of sulfonamides is 1. The fourth-order valence-corrected chi connectivity index (χ4v) is 4.84. The quantitative estimate of drug-likeness (QED) is 0.927. The molecule has 6 heteroatoms. The average Bonchev–Trinajstić information content (AvgIpc) is 2.95. The molecule has 0 bridgehead atoms. The van der Waals surface area contributed by atoms with Crippen molar-refractivity contribution in [3.63, 3.8) is 0 Å². The van der Waals surface area contributed by atoms with Crippen LogP contribution in [-0.4, -0.2) is 26.1 Å². The van der Waals surface area contributed by atoms with Gasteiger partial charge in [0.25, 0.3) is 0 Å². The van der Waals surface area contributed by atoms with Crippen LogP contribution < -0.4 is 9.62 Å². The van der Waals surface area contributed by atoms with Crippen molar-refractivity contribution in [3.05, 3.63) is 24.3 Å². The summed E-state index contributed by atoms with van der Waals surface area (Å²) in [6.45, 7) is 0.742. The molecule has 0 radical (unpaired) electrons. The van der Waals surface area contributed by atoms with Crippen molar-refractivity contribution in [1.29, 1.82) is 0 Å². The lowest BCUT2D eigenvalue weighted by molar-refractivity contribution is -0.117. The SMILES string of the molecule is O=C1CCCN1c1ccc(NS(=O)(=O)C2CCCCC2)cc1. The van der Waals surface area contributed by atoms with E-state index in [1.807, 2.05) is 12.1 Å². The van der Waals surface area contributed by atoms with E-state index in [4.69, 9.17) is 0 Å². The molecule has 0 spiro atoms. The van der Waals surface area contributed by atoms with Gasteiger partial charge in [0.15, 0.2) is 0 Å². The summed E-state index contributed by atoms with van der Waals surface area (Å²) in [6, 6.07) is 7.09. The molecule has 1 amide bonds. The number of hydrogen-bond acceptors (Lipinski definition) is 3. The maximum Gasteiger partial charge on any atom is 0.235 e. The molecule has 0 aromatic heterocycles. The number of hydrogen-bond donors (Lipinski definition) is 1. The maximum atomic E-state index is 12.4. The van der Waals surface area contributed by atoms with E-state index in [-0.39, 0.29) is 11.2 Å². The molecule has 1 aromatic carbocycles. The molecule has 1 saturated carbocycles. The minimum atomic E-state index is -3.31. The Bertz CT molecular complexity index is 634. The van der Waals surface area contributed by atoms with Gasteiger partial charge in [0.05, 0.1) is 5.25 Å². The normalized spacial score (nSPS) is 20.4. The molecule has 0 atom stereocenters. The van der Waals surface area contributed by atoms with E-state index in [2.05, 4.69) is 4.72 Å². The monoisotopic (exact) mass is 322 g/mol. The lowest BCUT2D eigenvalue weighted by atomic mass is 10.0. The molecular weight excluding hydrogens is 300 g/mol. The van der Waals surface area contributed by atoms with E-state index in [9.17, 15) is 13.2 Å². The van der Waals surface area contributed by atoms with Gasteiger partial charge in [-0.2, -0.15) is 0 Å². The van der Waals surface area contributed by atoms with E-state index in [0.29, 0.717) is 12.1 Å². The Balaban J connectivity index is 1.69. The first-order chi connectivity index (χ1) is 10.6. The Morgan fingerprint density at radius 3 is 2.27 bits per heavy atom. The van der Waals surface area contributed by atoms with Gasteiger partial charge in [-0.05, 0) is 43.5 Å². The fourth-order valence-electron chi connectivity index (χ4n) is 3.25. The molecule has 2 aliphatic rings. The maximum absolute atomic E-state index is 12.4. The van der Waals surface area contributed by atoms with Gasteiger partial charge in [-0.15, -0.1) is 0 Å². The first-order valence-corrected chi connectivity index (χ1v) is 9.53. The Labute approximate surface area is 131 Å². The van der Waals surface area contributed by atoms with Crippen molar-refractivity contribution < 1.29 is 13.2 Å². The second kappa shape index (κ2) is 6.28. The van der Waals surface area contributed by atoms with Crippen LogP contribution in [-0.2, 0) is 14.8 Å². The summed E-state index contributed by atoms with van der Waals surface area (Å²) < 4.78 is 27.4. The minimum absolute atomic E-state index is 0.135. The molecule has 1 N–H and O–H groups in total. The second-order valence-electron chi connectivity index (χ2n) is 6.10. The highest BCUT2D eigenvalue weighted by Crippen LogP contribution is 2.27. The van der Waals surface area contributed by atoms with Crippen molar-refractivity contribution in [2.24, 2.45) is 0 Å². The summed E-state index contributed by atoms with van der Waals surface area (Å²) in [6.07, 6.45) is 6.07. The molecule has 3 rings (SSSR count). The van der Waals surface area contributed by atoms with E-state index in [1.54, 1.807) is 17.0 Å². The molecule has 1 heterocycles. The van der Waals surface area contributed by atoms with Crippen LogP contribution in [0.5, 0.6) is 0 Å². The van der Waals surface area contributed by atoms with Crippen LogP contribution in [0, 0.1) is 0 Å². The number of anilines is 2. The zero-order valence-electron chi connectivity index (χ0n) is 12.6. The molecule has 0 unspecified atom stereocenters. The van der Waals surface area contributed by atoms with Crippen molar-refractivity contribution in [2.45, 2.75) is 50.2 Å². The van der Waals surface area contributed by atoms with Gasteiger partial charge in [0, 0.05) is 24.3 Å². The van der Waals surface area contributed by atoms with E-state index in [0.717, 1.165) is 50.8 Å². The summed E-state index contributed by atoms with van der Waals surface area (Å²) >= 11 is 0. The lowest BCUT2D eigenvalue weighted by Gasteiger charge is -2.22. The molecule has 1 aliphatic heterocycles. The first-order valence-electron chi connectivity index (χ1n) is 7.98. The highest BCUT2D eigenvalue weighted by atomic mass is 32.2. The van der Waals surface area contributed by atoms with Crippen LogP contribution in [0.3, 0.4) is 0 Å². The summed E-state index contributed by atoms with van der Waals surface area (Å²) in [5, 5.41) is -0.277. The number of benzene rings is 1. The minimum Gasteiger partial charge on any atom is -0.312 e. The van der Waals surface area contributed by atoms with Crippen LogP contribution in [0.1, 0.15) is 44.9 Å². The number of carbonyl (C=O) groups excluding carboxylic acids is 1. The number of amides is 1. The molecule has 120 valence electrons. The van der Waals surface area contributed by atoms with Crippen molar-refractivity contribution in [3.8, 4) is 0 Å². The average molecular weight is 322 g/mol. The highest BCUT2D eigenvalue weighted by Gasteiger charge is 2.27. The molecular formula is C16H22N2O3S. The third kappa shape index (κ3) is 3.27. The van der Waals surface area contributed by atoms with Gasteiger partial charge in [-0.3, -0.25) is 9.52 Å². The topological polar surface area (TPSA) is 66.5 Å². The van der Waals surface area contributed by atoms with Gasteiger partial charge in [-0.1, -0.05) is 19.3 Å². The molecule has 5 nitrogen and oxygen atoms in total. The third-order valence-electron chi connectivity index (χ3n) is 4.50. The van der Waals surface area contributed by atoms with Crippen LogP contribution in [0.15, 0.2) is 24.3 Å². The van der Waals surface area contributed by atoms with Crippen molar-refractivity contribution in [2.75, 3.05) is 16.2 Å². The Morgan fingerprint density at radius 1 is 1.00 bits per heavy atom. The van der Waals surface area contributed by atoms with Crippen LogP contribution in [0.4, 0.5) is 11.4 Å². The van der Waals surface area contributed by atoms with E-state index >= 15 is 0 Å². The summed E-state index contributed by atoms with van der Waals surface area (Å²) in [7, 11) is -3.31. The first kappa shape index (κ1) is 15.3. The molecule has 1 aromatic rings. The van der Waals surface area contributed by atoms with E-state index < -0.39 is 10.0 Å². The van der Waals surface area contributed by atoms with Crippen molar-refractivity contribution >= 4 is 27.3 Å². The van der Waals surface area contributed by atoms with Gasteiger partial charge >= 0.3 is 0 Å². The lowest BCUT2D eigenvalue weighted by Crippen LogP contribution is -2.29. The smallest absolute Gasteiger partial charge is 0.235 e. The highest BCUT2D eigenvalue weighted by molar-refractivity contribution is 7.93. The number of rotatable bonds is 4. The van der Waals surface area contributed by atoms with Gasteiger partial charge in [-0.25, -0.2) is 8.42 Å². The molecule has 2 fully saturated rings. The van der Waals surface area contributed by atoms with Crippen molar-refractivity contribution in [1.82, 2.24) is 0 Å².